The van der Waals surface area contributed by atoms with Gasteiger partial charge in [-0.1, -0.05) is 78.3 Å². The number of carboxylic acids is 1. The molecule has 0 spiro atoms. The number of ether oxygens (including phenoxy) is 1. The number of aromatic carboxylic acids is 1. The number of anilines is 2. The number of hydrogen-bond donors (Lipinski definition) is 3. The van der Waals surface area contributed by atoms with Gasteiger partial charge in [-0.05, 0) is 98.5 Å². The summed E-state index contributed by atoms with van der Waals surface area (Å²) in [6.07, 6.45) is 3.68. The van der Waals surface area contributed by atoms with Crippen molar-refractivity contribution in [1.82, 2.24) is 14.8 Å². The van der Waals surface area contributed by atoms with E-state index in [4.69, 9.17) is 27.9 Å². The smallest absolute Gasteiger partial charge is 0.410 e. The first kappa shape index (κ1) is 38.6. The lowest BCUT2D eigenvalue weighted by Crippen LogP contribution is -2.50. The molecule has 3 N–H and O–H groups in total. The summed E-state index contributed by atoms with van der Waals surface area (Å²) in [5.74, 6) is -1.58. The molecule has 3 heterocycles. The molecule has 0 aliphatic carbocycles. The highest BCUT2D eigenvalue weighted by molar-refractivity contribution is 6.31. The minimum absolute atomic E-state index is 0.0359. The number of fused-ring (bicyclic) bond motifs is 1. The molecule has 56 heavy (non-hydrogen) atoms. The third kappa shape index (κ3) is 7.85. The van der Waals surface area contributed by atoms with Gasteiger partial charge in [0.2, 0.25) is 0 Å². The highest BCUT2D eigenvalue weighted by atomic mass is 35.5. The fourth-order valence-electron chi connectivity index (χ4n) is 7.81. The zero-order chi connectivity index (χ0) is 39.5. The fraction of sp³-hybridized carbons (Fsp3) is 0.250. The summed E-state index contributed by atoms with van der Waals surface area (Å²) < 4.78 is 5.30. The average molecular weight is 793 g/mol. The number of hydrogen-bond acceptors (Lipinski definition) is 6. The number of nitrogens with zero attached hydrogens (tertiary/aromatic N) is 3. The van der Waals surface area contributed by atoms with Crippen LogP contribution < -0.4 is 10.2 Å². The van der Waals surface area contributed by atoms with Gasteiger partial charge in [-0.15, -0.1) is 0 Å². The Morgan fingerprint density at radius 1 is 0.964 bits per heavy atom. The number of carbonyl (C=O) groups excluding carboxylic acids is 2. The molecule has 5 aromatic rings. The van der Waals surface area contributed by atoms with Crippen LogP contribution in [0.15, 0.2) is 104 Å². The molecule has 1 atom stereocenters. The number of cyclic esters (lactones) is 1. The van der Waals surface area contributed by atoms with E-state index in [1.54, 1.807) is 30.5 Å². The molecule has 2 aliphatic heterocycles. The largest absolute Gasteiger partial charge is 0.478 e. The highest BCUT2D eigenvalue weighted by Gasteiger charge is 2.33. The average Bonchev–Trinajstić information content (AvgIpc) is 3.58. The molecular weight excluding hydrogens is 749 g/mol. The van der Waals surface area contributed by atoms with E-state index < -0.39 is 11.9 Å². The Balaban J connectivity index is 1.32. The molecule has 0 radical (unpaired) electrons. The molecule has 2 saturated heterocycles. The lowest BCUT2D eigenvalue weighted by Gasteiger charge is -2.40. The highest BCUT2D eigenvalue weighted by Crippen LogP contribution is 2.42. The van der Waals surface area contributed by atoms with Crippen molar-refractivity contribution in [3.05, 3.63) is 142 Å². The lowest BCUT2D eigenvalue weighted by molar-refractivity contribution is 0.0499. The van der Waals surface area contributed by atoms with Gasteiger partial charge in [0.25, 0.3) is 5.91 Å². The van der Waals surface area contributed by atoms with Crippen LogP contribution in [0, 0.1) is 0 Å². The van der Waals surface area contributed by atoms with Crippen molar-refractivity contribution in [1.29, 1.82) is 0 Å². The second-order valence-electron chi connectivity index (χ2n) is 14.1. The molecule has 288 valence electrons. The molecule has 7 rings (SSSR count). The number of carbonyl (C=O) groups is 3. The van der Waals surface area contributed by atoms with Gasteiger partial charge in [0.1, 0.15) is 5.69 Å². The summed E-state index contributed by atoms with van der Waals surface area (Å²) in [6.45, 7) is 10.6. The van der Waals surface area contributed by atoms with Gasteiger partial charge in [0.05, 0.1) is 35.3 Å². The van der Waals surface area contributed by atoms with Crippen LogP contribution in [0.2, 0.25) is 10.0 Å². The Morgan fingerprint density at radius 2 is 1.68 bits per heavy atom. The summed E-state index contributed by atoms with van der Waals surface area (Å²) >= 11 is 12.8. The van der Waals surface area contributed by atoms with Gasteiger partial charge in [0, 0.05) is 52.2 Å². The number of rotatable bonds is 11. The van der Waals surface area contributed by atoms with Crippen molar-refractivity contribution in [2.45, 2.75) is 45.2 Å². The predicted molar refractivity (Wildman–Crippen MR) is 223 cm³/mol. The van der Waals surface area contributed by atoms with Gasteiger partial charge in [0.15, 0.2) is 0 Å². The standard InChI is InChI=1S/C44H43Cl2N5O5/c1-4-50(28(3)30-11-14-32(45)15-12-30)41(27(2)29-9-6-5-7-10-29)39-35-17-16-33(46)26-36(35)47-40(39)42(52)48-37-25-31(43(53)54)13-18-38(37)49-22-19-34(20-23-49)51-21-8-24-56-44(51)55/h4-7,9-18,25-26,28,34,47H,1,8,19-24H2,2-3H3,(H,48,52)(H,53,54)/b41-27+. The van der Waals surface area contributed by atoms with Gasteiger partial charge >= 0.3 is 12.1 Å². The quantitative estimate of drug-likeness (QED) is 0.122. The number of benzene rings is 4. The molecule has 10 nitrogen and oxygen atoms in total. The summed E-state index contributed by atoms with van der Waals surface area (Å²) in [4.78, 5) is 48.9. The first-order chi connectivity index (χ1) is 27.0. The number of nitrogens with one attached hydrogen (secondary N) is 2. The maximum atomic E-state index is 14.9. The lowest BCUT2D eigenvalue weighted by atomic mass is 9.95. The van der Waals surface area contributed by atoms with Crippen LogP contribution >= 0.6 is 23.2 Å². The number of amides is 2. The number of aromatic amines is 1. The van der Waals surface area contributed by atoms with Crippen molar-refractivity contribution in [3.8, 4) is 0 Å². The normalized spacial score (nSPS) is 15.9. The van der Waals surface area contributed by atoms with E-state index in [1.165, 1.54) is 6.07 Å². The monoisotopic (exact) mass is 791 g/mol. The van der Waals surface area contributed by atoms with Gasteiger partial charge < -0.3 is 34.8 Å². The summed E-state index contributed by atoms with van der Waals surface area (Å²) in [5.41, 5.74) is 6.18. The number of allylic oxidation sites excluding steroid dienone is 1. The summed E-state index contributed by atoms with van der Waals surface area (Å²) in [5, 5.41) is 15.0. The minimum atomic E-state index is -1.11. The number of piperidine rings is 1. The maximum absolute atomic E-state index is 14.9. The molecule has 1 unspecified atom stereocenters. The molecule has 2 fully saturated rings. The third-order valence-electron chi connectivity index (χ3n) is 10.8. The van der Waals surface area contributed by atoms with Gasteiger partial charge in [-0.25, -0.2) is 9.59 Å². The van der Waals surface area contributed by atoms with E-state index in [1.807, 2.05) is 72.5 Å². The van der Waals surface area contributed by atoms with Crippen LogP contribution in [0.1, 0.15) is 76.7 Å². The minimum Gasteiger partial charge on any atom is -0.478 e. The van der Waals surface area contributed by atoms with Crippen molar-refractivity contribution in [2.75, 3.05) is 36.5 Å². The maximum Gasteiger partial charge on any atom is 0.410 e. The second kappa shape index (κ2) is 16.6. The number of carboxylic acid groups (broad SMARTS) is 1. The van der Waals surface area contributed by atoms with Gasteiger partial charge in [-0.2, -0.15) is 0 Å². The summed E-state index contributed by atoms with van der Waals surface area (Å²) in [7, 11) is 0. The van der Waals surface area contributed by atoms with Crippen LogP contribution in [-0.2, 0) is 4.74 Å². The summed E-state index contributed by atoms with van der Waals surface area (Å²) in [6, 6.07) is 27.6. The fourth-order valence-corrected chi connectivity index (χ4v) is 8.11. The molecule has 12 heteroatoms. The topological polar surface area (TPSA) is 118 Å². The van der Waals surface area contributed by atoms with Crippen molar-refractivity contribution >= 4 is 74.7 Å². The number of halogens is 2. The predicted octanol–water partition coefficient (Wildman–Crippen LogP) is 10.3. The van der Waals surface area contributed by atoms with Crippen LogP contribution in [-0.4, -0.2) is 70.1 Å². The zero-order valence-corrected chi connectivity index (χ0v) is 32.7. The second-order valence-corrected chi connectivity index (χ2v) is 15.0. The van der Waals surface area contributed by atoms with Crippen molar-refractivity contribution in [2.24, 2.45) is 0 Å². The molecular formula is C44H43Cl2N5O5. The Morgan fingerprint density at radius 3 is 2.36 bits per heavy atom. The molecule has 0 bridgehead atoms. The number of aromatic nitrogens is 1. The van der Waals surface area contributed by atoms with E-state index in [0.717, 1.165) is 34.2 Å². The molecule has 0 saturated carbocycles. The SMILES string of the molecule is C=CN(/C(=C(\C)c1ccccc1)c1c(C(=O)Nc2cc(C(=O)O)ccc2N2CCC(N3CCCOC3=O)CC2)[nH]c2cc(Cl)ccc12)C(C)c1ccc(Cl)cc1. The Labute approximate surface area is 335 Å². The first-order valence-corrected chi connectivity index (χ1v) is 19.4. The molecule has 4 aromatic carbocycles. The zero-order valence-electron chi connectivity index (χ0n) is 31.2. The molecule has 2 amide bonds. The van der Waals surface area contributed by atoms with Crippen LogP contribution in [0.3, 0.4) is 0 Å². The van der Waals surface area contributed by atoms with E-state index in [-0.39, 0.29) is 29.4 Å². The first-order valence-electron chi connectivity index (χ1n) is 18.6. The third-order valence-corrected chi connectivity index (χ3v) is 11.2. The van der Waals surface area contributed by atoms with E-state index >= 15 is 0 Å². The van der Waals surface area contributed by atoms with E-state index in [0.29, 0.717) is 71.6 Å². The van der Waals surface area contributed by atoms with Crippen LogP contribution in [0.25, 0.3) is 22.2 Å². The van der Waals surface area contributed by atoms with E-state index in [9.17, 15) is 19.5 Å². The van der Waals surface area contributed by atoms with Gasteiger partial charge in [-0.3, -0.25) is 4.79 Å². The van der Waals surface area contributed by atoms with E-state index in [2.05, 4.69) is 33.6 Å². The van der Waals surface area contributed by atoms with Crippen LogP contribution in [0.4, 0.5) is 16.2 Å². The Bertz CT molecular complexity index is 2320. The Hall–Kier alpha value is -5.71. The van der Waals surface area contributed by atoms with Crippen LogP contribution in [0.5, 0.6) is 0 Å². The Kier molecular flexibility index (Phi) is 11.4. The molecule has 1 aromatic heterocycles. The van der Waals surface area contributed by atoms with Crippen molar-refractivity contribution < 1.29 is 24.2 Å². The van der Waals surface area contributed by atoms with Crippen molar-refractivity contribution in [3.63, 3.8) is 0 Å². The molecule has 2 aliphatic rings. The number of H-pyrrole nitrogens is 1.